The smallest absolute Gasteiger partial charge is 0.223 e. The molecule has 1 fully saturated rings. The van der Waals surface area contributed by atoms with Crippen LogP contribution in [0, 0.1) is 11.8 Å². The standard InChI is InChI=1S/C11H21NO3/c1-8(2)9(3)10(13)12-6-11(14)4-5-15-7-11/h8-9,14H,4-7H2,1-3H3,(H,12,13). The Kier molecular flexibility index (Phi) is 4.11. The molecule has 2 N–H and O–H groups in total. The second-order valence-corrected chi connectivity index (χ2v) is 4.78. The summed E-state index contributed by atoms with van der Waals surface area (Å²) in [7, 11) is 0. The Balaban J connectivity index is 2.33. The highest BCUT2D eigenvalue weighted by Gasteiger charge is 2.33. The predicted molar refractivity (Wildman–Crippen MR) is 57.4 cm³/mol. The molecule has 0 spiro atoms. The fourth-order valence-electron chi connectivity index (χ4n) is 1.45. The van der Waals surface area contributed by atoms with Crippen LogP contribution in [0.5, 0.6) is 0 Å². The van der Waals surface area contributed by atoms with Gasteiger partial charge in [-0.15, -0.1) is 0 Å². The molecule has 1 rings (SSSR count). The molecule has 0 aromatic carbocycles. The van der Waals surface area contributed by atoms with Crippen molar-refractivity contribution in [2.24, 2.45) is 11.8 Å². The van der Waals surface area contributed by atoms with E-state index in [9.17, 15) is 9.90 Å². The van der Waals surface area contributed by atoms with Crippen molar-refractivity contribution in [3.63, 3.8) is 0 Å². The molecule has 0 radical (unpaired) electrons. The zero-order chi connectivity index (χ0) is 11.5. The van der Waals surface area contributed by atoms with E-state index in [0.717, 1.165) is 0 Å². The normalized spacial score (nSPS) is 28.1. The Morgan fingerprint density at radius 3 is 2.67 bits per heavy atom. The minimum Gasteiger partial charge on any atom is -0.386 e. The summed E-state index contributed by atoms with van der Waals surface area (Å²) in [6.45, 7) is 7.11. The van der Waals surface area contributed by atoms with E-state index >= 15 is 0 Å². The molecule has 1 saturated heterocycles. The van der Waals surface area contributed by atoms with Gasteiger partial charge in [-0.3, -0.25) is 4.79 Å². The zero-order valence-corrected chi connectivity index (χ0v) is 9.75. The van der Waals surface area contributed by atoms with Crippen molar-refractivity contribution < 1.29 is 14.6 Å². The van der Waals surface area contributed by atoms with Crippen LogP contribution >= 0.6 is 0 Å². The van der Waals surface area contributed by atoms with Gasteiger partial charge in [0.15, 0.2) is 0 Å². The van der Waals surface area contributed by atoms with E-state index in [1.165, 1.54) is 0 Å². The van der Waals surface area contributed by atoms with Crippen molar-refractivity contribution in [3.05, 3.63) is 0 Å². The van der Waals surface area contributed by atoms with Gasteiger partial charge in [0.25, 0.3) is 0 Å². The van der Waals surface area contributed by atoms with Crippen LogP contribution in [-0.2, 0) is 9.53 Å². The van der Waals surface area contributed by atoms with Crippen LogP contribution in [0.15, 0.2) is 0 Å². The molecule has 0 bridgehead atoms. The van der Waals surface area contributed by atoms with E-state index in [1.54, 1.807) is 0 Å². The minimum atomic E-state index is -0.855. The first-order valence-electron chi connectivity index (χ1n) is 5.52. The van der Waals surface area contributed by atoms with Crippen molar-refractivity contribution in [2.75, 3.05) is 19.8 Å². The van der Waals surface area contributed by atoms with Crippen LogP contribution in [0.25, 0.3) is 0 Å². The van der Waals surface area contributed by atoms with Crippen LogP contribution in [0.1, 0.15) is 27.2 Å². The number of carbonyl (C=O) groups excluding carboxylic acids is 1. The monoisotopic (exact) mass is 215 g/mol. The molecule has 0 aliphatic carbocycles. The third kappa shape index (κ3) is 3.47. The Labute approximate surface area is 91.0 Å². The highest BCUT2D eigenvalue weighted by molar-refractivity contribution is 5.78. The molecule has 0 aromatic heterocycles. The summed E-state index contributed by atoms with van der Waals surface area (Å²) < 4.78 is 5.10. The molecule has 1 heterocycles. The van der Waals surface area contributed by atoms with Gasteiger partial charge in [0.2, 0.25) is 5.91 Å². The molecule has 2 atom stereocenters. The topological polar surface area (TPSA) is 58.6 Å². The van der Waals surface area contributed by atoms with E-state index in [1.807, 2.05) is 20.8 Å². The van der Waals surface area contributed by atoms with Crippen LogP contribution in [-0.4, -0.2) is 36.4 Å². The lowest BCUT2D eigenvalue weighted by Gasteiger charge is -2.23. The number of nitrogens with one attached hydrogen (secondary N) is 1. The fourth-order valence-corrected chi connectivity index (χ4v) is 1.45. The molecule has 4 heteroatoms. The maximum absolute atomic E-state index is 11.6. The summed E-state index contributed by atoms with van der Waals surface area (Å²) in [4.78, 5) is 11.6. The second-order valence-electron chi connectivity index (χ2n) is 4.78. The Morgan fingerprint density at radius 1 is 1.53 bits per heavy atom. The first kappa shape index (κ1) is 12.5. The van der Waals surface area contributed by atoms with Crippen LogP contribution < -0.4 is 5.32 Å². The summed E-state index contributed by atoms with van der Waals surface area (Å²) in [5.41, 5.74) is -0.855. The first-order chi connectivity index (χ1) is 6.94. The Morgan fingerprint density at radius 2 is 2.20 bits per heavy atom. The fraction of sp³-hybridized carbons (Fsp3) is 0.909. The number of carbonyl (C=O) groups is 1. The summed E-state index contributed by atoms with van der Waals surface area (Å²) in [6.07, 6.45) is 0.601. The lowest BCUT2D eigenvalue weighted by Crippen LogP contribution is -2.45. The molecular formula is C11H21NO3. The van der Waals surface area contributed by atoms with Gasteiger partial charge in [-0.05, 0) is 5.92 Å². The van der Waals surface area contributed by atoms with Gasteiger partial charge in [0.05, 0.1) is 6.61 Å². The number of hydrogen-bond donors (Lipinski definition) is 2. The van der Waals surface area contributed by atoms with Gasteiger partial charge in [0, 0.05) is 25.5 Å². The van der Waals surface area contributed by atoms with Crippen LogP contribution in [0.2, 0.25) is 0 Å². The number of hydrogen-bond acceptors (Lipinski definition) is 3. The van der Waals surface area contributed by atoms with E-state index in [0.29, 0.717) is 32.1 Å². The van der Waals surface area contributed by atoms with Gasteiger partial charge >= 0.3 is 0 Å². The van der Waals surface area contributed by atoms with E-state index < -0.39 is 5.60 Å². The van der Waals surface area contributed by atoms with E-state index in [4.69, 9.17) is 4.74 Å². The lowest BCUT2D eigenvalue weighted by atomic mass is 9.96. The number of aliphatic hydroxyl groups is 1. The van der Waals surface area contributed by atoms with Gasteiger partial charge in [-0.1, -0.05) is 20.8 Å². The number of amides is 1. The van der Waals surface area contributed by atoms with Crippen molar-refractivity contribution >= 4 is 5.91 Å². The Bertz CT molecular complexity index is 222. The molecule has 4 nitrogen and oxygen atoms in total. The second kappa shape index (κ2) is 4.94. The highest BCUT2D eigenvalue weighted by Crippen LogP contribution is 2.17. The lowest BCUT2D eigenvalue weighted by molar-refractivity contribution is -0.127. The predicted octanol–water partition coefficient (Wildman–Crippen LogP) is 0.546. The summed E-state index contributed by atoms with van der Waals surface area (Å²) in [6, 6.07) is 0. The van der Waals surface area contributed by atoms with Crippen LogP contribution in [0.4, 0.5) is 0 Å². The maximum atomic E-state index is 11.6. The highest BCUT2D eigenvalue weighted by atomic mass is 16.5. The maximum Gasteiger partial charge on any atom is 0.223 e. The molecule has 88 valence electrons. The third-order valence-corrected chi connectivity index (χ3v) is 3.09. The van der Waals surface area contributed by atoms with Crippen molar-refractivity contribution in [1.82, 2.24) is 5.32 Å². The van der Waals surface area contributed by atoms with Crippen molar-refractivity contribution in [1.29, 1.82) is 0 Å². The number of rotatable bonds is 4. The van der Waals surface area contributed by atoms with Gasteiger partial charge < -0.3 is 15.2 Å². The molecule has 0 saturated carbocycles. The largest absolute Gasteiger partial charge is 0.386 e. The average molecular weight is 215 g/mol. The molecule has 2 unspecified atom stereocenters. The van der Waals surface area contributed by atoms with Crippen LogP contribution in [0.3, 0.4) is 0 Å². The van der Waals surface area contributed by atoms with Gasteiger partial charge in [-0.2, -0.15) is 0 Å². The van der Waals surface area contributed by atoms with E-state index in [-0.39, 0.29) is 11.8 Å². The van der Waals surface area contributed by atoms with Crippen molar-refractivity contribution in [3.8, 4) is 0 Å². The molecule has 0 aromatic rings. The average Bonchev–Trinajstić information content (AvgIpc) is 2.61. The van der Waals surface area contributed by atoms with E-state index in [2.05, 4.69) is 5.32 Å². The van der Waals surface area contributed by atoms with Crippen molar-refractivity contribution in [2.45, 2.75) is 32.8 Å². The molecular weight excluding hydrogens is 194 g/mol. The Hall–Kier alpha value is -0.610. The SMILES string of the molecule is CC(C)C(C)C(=O)NCC1(O)CCOC1. The molecule has 15 heavy (non-hydrogen) atoms. The summed E-state index contributed by atoms with van der Waals surface area (Å²) >= 11 is 0. The van der Waals surface area contributed by atoms with Gasteiger partial charge in [0.1, 0.15) is 5.60 Å². The zero-order valence-electron chi connectivity index (χ0n) is 9.75. The van der Waals surface area contributed by atoms with Gasteiger partial charge in [-0.25, -0.2) is 0 Å². The molecule has 1 aliphatic heterocycles. The summed E-state index contributed by atoms with van der Waals surface area (Å²) in [5.74, 6) is 0.306. The summed E-state index contributed by atoms with van der Waals surface area (Å²) in [5, 5.41) is 12.7. The molecule has 1 amide bonds. The first-order valence-corrected chi connectivity index (χ1v) is 5.52. The number of ether oxygens (including phenoxy) is 1. The third-order valence-electron chi connectivity index (χ3n) is 3.09. The minimum absolute atomic E-state index is 0.00493. The quantitative estimate of drug-likeness (QED) is 0.720. The molecule has 1 aliphatic rings.